The lowest BCUT2D eigenvalue weighted by Crippen LogP contribution is -2.18. The first-order chi connectivity index (χ1) is 12.9. The molecule has 4 nitrogen and oxygen atoms in total. The van der Waals surface area contributed by atoms with Gasteiger partial charge in [0.05, 0.1) is 23.6 Å². The van der Waals surface area contributed by atoms with E-state index in [4.69, 9.17) is 4.74 Å². The summed E-state index contributed by atoms with van der Waals surface area (Å²) in [4.78, 5) is 0. The molecule has 0 amide bonds. The second-order valence-corrected chi connectivity index (χ2v) is 7.84. The van der Waals surface area contributed by atoms with E-state index < -0.39 is 0 Å². The molecule has 0 saturated heterocycles. The topological polar surface area (TPSA) is 39.1 Å². The first-order valence-corrected chi connectivity index (χ1v) is 9.44. The minimum absolute atomic E-state index is 0.120. The van der Waals surface area contributed by atoms with Crippen LogP contribution in [0, 0.1) is 6.92 Å². The van der Waals surface area contributed by atoms with E-state index in [1.165, 1.54) is 16.7 Å². The number of aryl methyl sites for hydroxylation is 1. The first kappa shape index (κ1) is 19.3. The lowest BCUT2D eigenvalue weighted by Gasteiger charge is -2.19. The molecular formula is C23H29N3O. The molecule has 142 valence electrons. The second-order valence-electron chi connectivity index (χ2n) is 7.84. The Labute approximate surface area is 162 Å². The summed E-state index contributed by atoms with van der Waals surface area (Å²) in [6, 6.07) is 18.8. The van der Waals surface area contributed by atoms with E-state index in [9.17, 15) is 0 Å². The molecule has 3 aromatic rings. The standard InChI is InChI=1S/C23H29N3O/c1-18-21(16-26(25-18)22-11-6-5-7-12-22)15-24-14-19-9-8-10-20(13-19)17-27-23(2,3)4/h5-13,16,24H,14-15,17H2,1-4H3. The molecular weight excluding hydrogens is 334 g/mol. The van der Waals surface area contributed by atoms with E-state index in [0.29, 0.717) is 6.61 Å². The van der Waals surface area contributed by atoms with Crippen molar-refractivity contribution in [1.29, 1.82) is 0 Å². The van der Waals surface area contributed by atoms with Gasteiger partial charge in [0.1, 0.15) is 0 Å². The monoisotopic (exact) mass is 363 g/mol. The van der Waals surface area contributed by atoms with Crippen LogP contribution in [0.3, 0.4) is 0 Å². The second kappa shape index (κ2) is 8.51. The van der Waals surface area contributed by atoms with Gasteiger partial charge in [-0.3, -0.25) is 0 Å². The number of benzene rings is 2. The fraction of sp³-hybridized carbons (Fsp3) is 0.348. The molecule has 0 spiro atoms. The van der Waals surface area contributed by atoms with E-state index in [2.05, 4.69) is 80.7 Å². The van der Waals surface area contributed by atoms with Crippen LogP contribution in [-0.4, -0.2) is 15.4 Å². The van der Waals surface area contributed by atoms with Crippen LogP contribution >= 0.6 is 0 Å². The third-order valence-electron chi connectivity index (χ3n) is 4.33. The number of ether oxygens (including phenoxy) is 1. The average molecular weight is 364 g/mol. The third kappa shape index (κ3) is 5.78. The van der Waals surface area contributed by atoms with E-state index in [-0.39, 0.29) is 5.60 Å². The average Bonchev–Trinajstić information content (AvgIpc) is 3.01. The zero-order chi connectivity index (χ0) is 19.3. The molecule has 0 aliphatic rings. The lowest BCUT2D eigenvalue weighted by molar-refractivity contribution is -0.0149. The van der Waals surface area contributed by atoms with Gasteiger partial charge in [-0.2, -0.15) is 5.10 Å². The van der Waals surface area contributed by atoms with E-state index in [0.717, 1.165) is 24.5 Å². The largest absolute Gasteiger partial charge is 0.371 e. The highest BCUT2D eigenvalue weighted by Gasteiger charge is 2.10. The molecule has 0 aliphatic carbocycles. The van der Waals surface area contributed by atoms with Crippen molar-refractivity contribution in [3.05, 3.63) is 83.2 Å². The van der Waals surface area contributed by atoms with Crippen LogP contribution in [0.5, 0.6) is 0 Å². The number of hydrogen-bond donors (Lipinski definition) is 1. The highest BCUT2D eigenvalue weighted by Crippen LogP contribution is 2.14. The summed E-state index contributed by atoms with van der Waals surface area (Å²) in [6.07, 6.45) is 2.10. The molecule has 4 heteroatoms. The van der Waals surface area contributed by atoms with E-state index in [1.54, 1.807) is 0 Å². The Morgan fingerprint density at radius 1 is 0.963 bits per heavy atom. The number of hydrogen-bond acceptors (Lipinski definition) is 3. The van der Waals surface area contributed by atoms with Gasteiger partial charge in [-0.05, 0) is 51.0 Å². The zero-order valence-electron chi connectivity index (χ0n) is 16.7. The summed E-state index contributed by atoms with van der Waals surface area (Å²) >= 11 is 0. The third-order valence-corrected chi connectivity index (χ3v) is 4.33. The van der Waals surface area contributed by atoms with Crippen molar-refractivity contribution in [3.63, 3.8) is 0 Å². The fourth-order valence-electron chi connectivity index (χ4n) is 2.85. The molecule has 0 atom stereocenters. The van der Waals surface area contributed by atoms with Crippen LogP contribution in [-0.2, 0) is 24.4 Å². The SMILES string of the molecule is Cc1nn(-c2ccccc2)cc1CNCc1cccc(COC(C)(C)C)c1. The molecule has 1 heterocycles. The molecule has 0 unspecified atom stereocenters. The van der Waals surface area contributed by atoms with Gasteiger partial charge in [-0.25, -0.2) is 4.68 Å². The maximum atomic E-state index is 5.87. The van der Waals surface area contributed by atoms with Crippen molar-refractivity contribution in [2.24, 2.45) is 0 Å². The van der Waals surface area contributed by atoms with Crippen molar-refractivity contribution < 1.29 is 4.74 Å². The van der Waals surface area contributed by atoms with Gasteiger partial charge in [0, 0.05) is 24.8 Å². The molecule has 2 aromatic carbocycles. The van der Waals surface area contributed by atoms with Gasteiger partial charge in [-0.1, -0.05) is 42.5 Å². The first-order valence-electron chi connectivity index (χ1n) is 9.44. The normalized spacial score (nSPS) is 11.7. The van der Waals surface area contributed by atoms with Gasteiger partial charge < -0.3 is 10.1 Å². The summed E-state index contributed by atoms with van der Waals surface area (Å²) in [5.74, 6) is 0. The van der Waals surface area contributed by atoms with E-state index in [1.807, 2.05) is 22.9 Å². The maximum Gasteiger partial charge on any atom is 0.0724 e. The van der Waals surface area contributed by atoms with Crippen molar-refractivity contribution in [1.82, 2.24) is 15.1 Å². The number of nitrogens with zero attached hydrogens (tertiary/aromatic N) is 2. The lowest BCUT2D eigenvalue weighted by atomic mass is 10.1. The predicted molar refractivity (Wildman–Crippen MR) is 110 cm³/mol. The zero-order valence-corrected chi connectivity index (χ0v) is 16.7. The Morgan fingerprint density at radius 3 is 2.44 bits per heavy atom. The Morgan fingerprint density at radius 2 is 1.70 bits per heavy atom. The van der Waals surface area contributed by atoms with Crippen LogP contribution in [0.1, 0.15) is 43.2 Å². The minimum Gasteiger partial charge on any atom is -0.371 e. The van der Waals surface area contributed by atoms with E-state index >= 15 is 0 Å². The Balaban J connectivity index is 1.56. The van der Waals surface area contributed by atoms with Crippen molar-refractivity contribution in [3.8, 4) is 5.69 Å². The molecule has 0 aliphatic heterocycles. The number of para-hydroxylation sites is 1. The van der Waals surface area contributed by atoms with Crippen LogP contribution in [0.15, 0.2) is 60.8 Å². The number of nitrogens with one attached hydrogen (secondary N) is 1. The van der Waals surface area contributed by atoms with Gasteiger partial charge >= 0.3 is 0 Å². The van der Waals surface area contributed by atoms with Crippen molar-refractivity contribution in [2.75, 3.05) is 0 Å². The van der Waals surface area contributed by atoms with Gasteiger partial charge in [-0.15, -0.1) is 0 Å². The van der Waals surface area contributed by atoms with Crippen LogP contribution in [0.25, 0.3) is 5.69 Å². The smallest absolute Gasteiger partial charge is 0.0724 e. The summed E-state index contributed by atoms with van der Waals surface area (Å²) in [6.45, 7) is 10.5. The van der Waals surface area contributed by atoms with Crippen molar-refractivity contribution in [2.45, 2.75) is 53.0 Å². The van der Waals surface area contributed by atoms with Crippen LogP contribution in [0.2, 0.25) is 0 Å². The minimum atomic E-state index is -0.120. The fourth-order valence-corrected chi connectivity index (χ4v) is 2.85. The summed E-state index contributed by atoms with van der Waals surface area (Å²) < 4.78 is 7.81. The molecule has 1 N–H and O–H groups in total. The number of aromatic nitrogens is 2. The van der Waals surface area contributed by atoms with Gasteiger partial charge in [0.15, 0.2) is 0 Å². The van der Waals surface area contributed by atoms with Gasteiger partial charge in [0.2, 0.25) is 0 Å². The highest BCUT2D eigenvalue weighted by atomic mass is 16.5. The maximum absolute atomic E-state index is 5.87. The molecule has 3 rings (SSSR count). The number of rotatable bonds is 7. The van der Waals surface area contributed by atoms with Gasteiger partial charge in [0.25, 0.3) is 0 Å². The summed E-state index contributed by atoms with van der Waals surface area (Å²) in [5.41, 5.74) is 5.70. The molecule has 0 bridgehead atoms. The molecule has 0 saturated carbocycles. The van der Waals surface area contributed by atoms with Crippen LogP contribution < -0.4 is 5.32 Å². The van der Waals surface area contributed by atoms with Crippen LogP contribution in [0.4, 0.5) is 0 Å². The quantitative estimate of drug-likeness (QED) is 0.656. The summed E-state index contributed by atoms with van der Waals surface area (Å²) in [7, 11) is 0. The Hall–Kier alpha value is -2.43. The molecule has 27 heavy (non-hydrogen) atoms. The molecule has 1 aromatic heterocycles. The Bertz CT molecular complexity index is 863. The molecule has 0 fully saturated rings. The highest BCUT2D eigenvalue weighted by molar-refractivity contribution is 5.32. The summed E-state index contributed by atoms with van der Waals surface area (Å²) in [5, 5.41) is 8.16. The Kier molecular flexibility index (Phi) is 6.09. The van der Waals surface area contributed by atoms with Crippen molar-refractivity contribution >= 4 is 0 Å². The predicted octanol–water partition coefficient (Wildman–Crippen LogP) is 4.79. The molecule has 0 radical (unpaired) electrons.